The van der Waals surface area contributed by atoms with E-state index in [4.69, 9.17) is 0 Å². The Labute approximate surface area is 236 Å². The molecule has 224 valence electrons. The second kappa shape index (κ2) is 11.3. The number of nitrogens with zero attached hydrogens (tertiary/aromatic N) is 3. The van der Waals surface area contributed by atoms with E-state index in [0.29, 0.717) is 38.9 Å². The van der Waals surface area contributed by atoms with Crippen LogP contribution in [0.25, 0.3) is 0 Å². The Balaban J connectivity index is 1.31. The first-order chi connectivity index (χ1) is 18.7. The molecule has 40 heavy (non-hydrogen) atoms. The summed E-state index contributed by atoms with van der Waals surface area (Å²) in [5.74, 6) is -1.14. The lowest BCUT2D eigenvalue weighted by atomic mass is 9.86. The highest BCUT2D eigenvalue weighted by molar-refractivity contribution is 7.87. The standard InChI is InChI=1S/C26H43N7O6S/c1-6-17-14-26(17,23(36)28-18-9-10-18)30-22(35)19-8-7-11-33(19)21(34)15-27-24(37)29-20(25(2,3)4)16-32-13-12-31(5)40(32,38)39/h6,17-20H,1,7-16H2,2-5H3,(H,28,36)(H,30,35)(H2,27,29,37)/t17?,19-,20?,26+/m0/s1. The van der Waals surface area contributed by atoms with Crippen molar-refractivity contribution in [2.45, 2.75) is 76.5 Å². The number of rotatable bonds is 10. The van der Waals surface area contributed by atoms with Crippen LogP contribution in [-0.4, -0.2) is 109 Å². The number of hydrogen-bond donors (Lipinski definition) is 4. The van der Waals surface area contributed by atoms with E-state index in [0.717, 1.165) is 12.8 Å². The van der Waals surface area contributed by atoms with Crippen LogP contribution in [0.2, 0.25) is 0 Å². The second-order valence-corrected chi connectivity index (χ2v) is 14.5. The van der Waals surface area contributed by atoms with Crippen molar-refractivity contribution >= 4 is 34.0 Å². The lowest BCUT2D eigenvalue weighted by Gasteiger charge is -2.34. The van der Waals surface area contributed by atoms with Gasteiger partial charge >= 0.3 is 6.03 Å². The third-order valence-electron chi connectivity index (χ3n) is 8.36. The van der Waals surface area contributed by atoms with Gasteiger partial charge in [0.2, 0.25) is 17.7 Å². The van der Waals surface area contributed by atoms with Crippen molar-refractivity contribution in [2.75, 3.05) is 39.8 Å². The summed E-state index contributed by atoms with van der Waals surface area (Å²) in [5.41, 5.74) is -1.47. The average molecular weight is 582 g/mol. The molecule has 0 spiro atoms. The lowest BCUT2D eigenvalue weighted by Crippen LogP contribution is -2.57. The summed E-state index contributed by atoms with van der Waals surface area (Å²) in [4.78, 5) is 53.4. The van der Waals surface area contributed by atoms with Crippen molar-refractivity contribution in [1.29, 1.82) is 0 Å². The molecule has 4 rings (SSSR count). The normalized spacial score (nSPS) is 28.9. The number of urea groups is 1. The van der Waals surface area contributed by atoms with Crippen molar-refractivity contribution in [3.8, 4) is 0 Å². The Kier molecular flexibility index (Phi) is 8.53. The van der Waals surface area contributed by atoms with Gasteiger partial charge in [0.15, 0.2) is 0 Å². The molecule has 0 bridgehead atoms. The molecule has 2 saturated heterocycles. The van der Waals surface area contributed by atoms with Crippen LogP contribution in [0.3, 0.4) is 0 Å². The minimum absolute atomic E-state index is 0.105. The fraction of sp³-hybridized carbons (Fsp3) is 0.769. The van der Waals surface area contributed by atoms with E-state index in [1.54, 1.807) is 6.08 Å². The van der Waals surface area contributed by atoms with Gasteiger partial charge in [0.25, 0.3) is 10.2 Å². The topological polar surface area (TPSA) is 160 Å². The molecule has 2 aliphatic carbocycles. The number of likely N-dealkylation sites (N-methyl/N-ethyl adjacent to an activating group) is 1. The largest absolute Gasteiger partial charge is 0.351 e. The Morgan fingerprint density at radius 1 is 1.10 bits per heavy atom. The first kappa shape index (κ1) is 30.3. The van der Waals surface area contributed by atoms with Crippen molar-refractivity contribution in [3.63, 3.8) is 0 Å². The van der Waals surface area contributed by atoms with Crippen molar-refractivity contribution < 1.29 is 27.6 Å². The monoisotopic (exact) mass is 581 g/mol. The van der Waals surface area contributed by atoms with Crippen molar-refractivity contribution in [1.82, 2.24) is 34.8 Å². The second-order valence-electron chi connectivity index (χ2n) is 12.4. The van der Waals surface area contributed by atoms with E-state index in [2.05, 4.69) is 27.8 Å². The SMILES string of the molecule is C=CC1C[C@]1(NC(=O)[C@@H]1CCCN1C(=O)CNC(=O)NC(CN1CCN(C)S1(=O)=O)C(C)(C)C)C(=O)NC1CC1. The first-order valence-corrected chi connectivity index (χ1v) is 15.4. The highest BCUT2D eigenvalue weighted by atomic mass is 32.2. The van der Waals surface area contributed by atoms with E-state index in [9.17, 15) is 27.6 Å². The van der Waals surface area contributed by atoms with E-state index in [1.165, 1.54) is 20.6 Å². The van der Waals surface area contributed by atoms with Crippen LogP contribution in [0.1, 0.15) is 52.9 Å². The van der Waals surface area contributed by atoms with Crippen LogP contribution in [0.5, 0.6) is 0 Å². The summed E-state index contributed by atoms with van der Waals surface area (Å²) in [6.07, 6.45) is 5.12. The van der Waals surface area contributed by atoms with Crippen LogP contribution in [-0.2, 0) is 24.6 Å². The molecule has 4 atom stereocenters. The molecule has 14 heteroatoms. The van der Waals surface area contributed by atoms with Crippen molar-refractivity contribution in [2.24, 2.45) is 11.3 Å². The minimum Gasteiger partial charge on any atom is -0.351 e. The lowest BCUT2D eigenvalue weighted by molar-refractivity contribution is -0.139. The number of hydrogen-bond acceptors (Lipinski definition) is 6. The van der Waals surface area contributed by atoms with Gasteiger partial charge < -0.3 is 26.2 Å². The summed E-state index contributed by atoms with van der Waals surface area (Å²) in [6.45, 7) is 10.4. The molecule has 2 unspecified atom stereocenters. The van der Waals surface area contributed by atoms with Gasteiger partial charge in [-0.3, -0.25) is 14.4 Å². The zero-order valence-corrected chi connectivity index (χ0v) is 24.7. The molecule has 2 heterocycles. The molecule has 4 N–H and O–H groups in total. The number of likely N-dealkylation sites (tertiary alicyclic amines) is 1. The predicted octanol–water partition coefficient (Wildman–Crippen LogP) is -0.477. The van der Waals surface area contributed by atoms with Gasteiger partial charge in [-0.25, -0.2) is 4.79 Å². The summed E-state index contributed by atoms with van der Waals surface area (Å²) in [5, 5.41) is 11.3. The zero-order valence-electron chi connectivity index (χ0n) is 23.9. The first-order valence-electron chi connectivity index (χ1n) is 14.0. The Bertz CT molecular complexity index is 1150. The predicted molar refractivity (Wildman–Crippen MR) is 148 cm³/mol. The molecule has 0 radical (unpaired) electrons. The molecule has 13 nitrogen and oxygen atoms in total. The quantitative estimate of drug-likeness (QED) is 0.255. The van der Waals surface area contributed by atoms with Gasteiger partial charge in [0.05, 0.1) is 6.54 Å². The van der Waals surface area contributed by atoms with E-state index >= 15 is 0 Å². The van der Waals surface area contributed by atoms with Crippen LogP contribution in [0, 0.1) is 11.3 Å². The van der Waals surface area contributed by atoms with Crippen LogP contribution < -0.4 is 21.3 Å². The number of amides is 5. The van der Waals surface area contributed by atoms with Gasteiger partial charge in [-0.2, -0.15) is 17.0 Å². The maximum Gasteiger partial charge on any atom is 0.315 e. The minimum atomic E-state index is -3.56. The maximum atomic E-state index is 13.2. The summed E-state index contributed by atoms with van der Waals surface area (Å²) in [7, 11) is -2.05. The van der Waals surface area contributed by atoms with Gasteiger partial charge in [-0.1, -0.05) is 26.8 Å². The zero-order chi connectivity index (χ0) is 29.5. The van der Waals surface area contributed by atoms with Crippen LogP contribution in [0.4, 0.5) is 4.79 Å². The maximum absolute atomic E-state index is 13.2. The van der Waals surface area contributed by atoms with Gasteiger partial charge in [-0.05, 0) is 37.5 Å². The highest BCUT2D eigenvalue weighted by Gasteiger charge is 2.61. The molecule has 5 amide bonds. The molecule has 2 aliphatic heterocycles. The number of carbonyl (C=O) groups excluding carboxylic acids is 4. The van der Waals surface area contributed by atoms with Gasteiger partial charge in [0, 0.05) is 51.2 Å². The Morgan fingerprint density at radius 3 is 2.35 bits per heavy atom. The average Bonchev–Trinajstić information content (AvgIpc) is 3.75. The molecule has 2 saturated carbocycles. The third kappa shape index (κ3) is 6.44. The Hall–Kier alpha value is -2.71. The molecule has 4 aliphatic rings. The number of nitrogens with one attached hydrogen (secondary N) is 4. The fourth-order valence-electron chi connectivity index (χ4n) is 5.29. The highest BCUT2D eigenvalue weighted by Crippen LogP contribution is 2.45. The summed E-state index contributed by atoms with van der Waals surface area (Å²) >= 11 is 0. The van der Waals surface area contributed by atoms with E-state index < -0.39 is 45.2 Å². The third-order valence-corrected chi connectivity index (χ3v) is 10.3. The molecule has 0 aromatic carbocycles. The van der Waals surface area contributed by atoms with Crippen molar-refractivity contribution in [3.05, 3.63) is 12.7 Å². The van der Waals surface area contributed by atoms with Crippen LogP contribution >= 0.6 is 0 Å². The van der Waals surface area contributed by atoms with E-state index in [-0.39, 0.29) is 36.9 Å². The summed E-state index contributed by atoms with van der Waals surface area (Å²) < 4.78 is 27.6. The number of carbonyl (C=O) groups is 4. The molecular formula is C26H43N7O6S. The molecule has 0 aromatic heterocycles. The van der Waals surface area contributed by atoms with Crippen LogP contribution in [0.15, 0.2) is 12.7 Å². The molecule has 0 aromatic rings. The fourth-order valence-corrected chi connectivity index (χ4v) is 6.65. The van der Waals surface area contributed by atoms with Gasteiger partial charge in [-0.15, -0.1) is 6.58 Å². The van der Waals surface area contributed by atoms with E-state index in [1.807, 2.05) is 20.8 Å². The molecule has 4 fully saturated rings. The van der Waals surface area contributed by atoms with Gasteiger partial charge in [0.1, 0.15) is 11.6 Å². The summed E-state index contributed by atoms with van der Waals surface area (Å²) in [6, 6.07) is -1.67. The smallest absolute Gasteiger partial charge is 0.315 e. The Morgan fingerprint density at radius 2 is 1.80 bits per heavy atom. The molecular weight excluding hydrogens is 538 g/mol.